The van der Waals surface area contributed by atoms with Crippen LogP contribution in [0, 0.1) is 23.2 Å². The second kappa shape index (κ2) is 4.92. The third-order valence-electron chi connectivity index (χ3n) is 7.32. The molecule has 0 aromatic carbocycles. The molecule has 4 aliphatic rings. The van der Waals surface area contributed by atoms with Gasteiger partial charge < -0.3 is 9.84 Å². The molecule has 4 rings (SSSR count). The van der Waals surface area contributed by atoms with Crippen molar-refractivity contribution < 1.29 is 19.4 Å². The summed E-state index contributed by atoms with van der Waals surface area (Å²) in [5, 5.41) is 10.9. The van der Waals surface area contributed by atoms with E-state index in [1.807, 2.05) is 0 Å². The molecule has 1 aliphatic heterocycles. The van der Waals surface area contributed by atoms with Gasteiger partial charge in [0, 0.05) is 18.8 Å². The Bertz CT molecular complexity index is 594. The van der Waals surface area contributed by atoms with Crippen LogP contribution in [0.5, 0.6) is 0 Å². The summed E-state index contributed by atoms with van der Waals surface area (Å²) < 4.78 is 5.74. The quantitative estimate of drug-likeness (QED) is 0.698. The summed E-state index contributed by atoms with van der Waals surface area (Å²) in [6.45, 7) is 4.34. The predicted molar refractivity (Wildman–Crippen MR) is 84.5 cm³/mol. The number of ether oxygens (including phenoxy) is 1. The first-order chi connectivity index (χ1) is 10.8. The Hall–Kier alpha value is -1.16. The lowest BCUT2D eigenvalue weighted by Crippen LogP contribution is -2.60. The highest BCUT2D eigenvalue weighted by Crippen LogP contribution is 2.61. The fraction of sp³-hybridized carbons (Fsp3) is 0.789. The minimum atomic E-state index is -0.424. The third kappa shape index (κ3) is 2.14. The monoisotopic (exact) mass is 318 g/mol. The maximum absolute atomic E-state index is 11.8. The number of esters is 1. The smallest absolute Gasteiger partial charge is 0.306 e. The number of allylic oxidation sites excluding steroid dienone is 1. The van der Waals surface area contributed by atoms with E-state index in [2.05, 4.69) is 13.8 Å². The van der Waals surface area contributed by atoms with E-state index in [0.717, 1.165) is 31.3 Å². The van der Waals surface area contributed by atoms with E-state index in [0.29, 0.717) is 25.2 Å². The number of carbonyl (C=O) groups excluding carboxylic acids is 2. The van der Waals surface area contributed by atoms with Gasteiger partial charge in [0.05, 0.1) is 6.10 Å². The Kier molecular flexibility index (Phi) is 3.29. The van der Waals surface area contributed by atoms with Crippen LogP contribution in [0.4, 0.5) is 0 Å². The molecule has 2 saturated carbocycles. The molecule has 126 valence electrons. The van der Waals surface area contributed by atoms with Crippen LogP contribution in [0.25, 0.3) is 0 Å². The zero-order valence-electron chi connectivity index (χ0n) is 14.0. The summed E-state index contributed by atoms with van der Waals surface area (Å²) in [6, 6.07) is 0. The molecule has 4 heteroatoms. The van der Waals surface area contributed by atoms with Gasteiger partial charge in [-0.25, -0.2) is 0 Å². The molecule has 0 unspecified atom stereocenters. The normalized spacial score (nSPS) is 49.4. The second-order valence-electron chi connectivity index (χ2n) is 8.48. The fourth-order valence-corrected chi connectivity index (χ4v) is 6.05. The lowest BCUT2D eigenvalue weighted by atomic mass is 9.47. The second-order valence-corrected chi connectivity index (χ2v) is 8.48. The highest BCUT2D eigenvalue weighted by molar-refractivity contribution is 5.91. The van der Waals surface area contributed by atoms with Crippen molar-refractivity contribution in [1.29, 1.82) is 0 Å². The van der Waals surface area contributed by atoms with Crippen molar-refractivity contribution in [2.24, 2.45) is 23.2 Å². The topological polar surface area (TPSA) is 63.6 Å². The number of carbonyl (C=O) groups is 2. The molecule has 0 spiro atoms. The first-order valence-corrected chi connectivity index (χ1v) is 8.97. The Morgan fingerprint density at radius 2 is 1.91 bits per heavy atom. The number of hydrogen-bond acceptors (Lipinski definition) is 4. The maximum Gasteiger partial charge on any atom is 0.306 e. The van der Waals surface area contributed by atoms with E-state index in [1.54, 1.807) is 6.08 Å². The van der Waals surface area contributed by atoms with Gasteiger partial charge in [-0.3, -0.25) is 9.59 Å². The molecule has 0 amide bonds. The number of hydrogen-bond donors (Lipinski definition) is 1. The minimum absolute atomic E-state index is 0.0284. The lowest BCUT2D eigenvalue weighted by Gasteiger charge is -2.60. The van der Waals surface area contributed by atoms with Crippen molar-refractivity contribution in [3.63, 3.8) is 0 Å². The van der Waals surface area contributed by atoms with E-state index >= 15 is 0 Å². The van der Waals surface area contributed by atoms with Crippen molar-refractivity contribution in [3.05, 3.63) is 11.6 Å². The zero-order valence-corrected chi connectivity index (χ0v) is 14.0. The summed E-state index contributed by atoms with van der Waals surface area (Å²) in [5.74, 6) is 0.917. The van der Waals surface area contributed by atoms with Gasteiger partial charge in [0.25, 0.3) is 0 Å². The van der Waals surface area contributed by atoms with Crippen LogP contribution in [0.3, 0.4) is 0 Å². The lowest BCUT2D eigenvalue weighted by molar-refractivity contribution is -0.204. The fourth-order valence-electron chi connectivity index (χ4n) is 6.05. The van der Waals surface area contributed by atoms with Crippen LogP contribution >= 0.6 is 0 Å². The number of aliphatic hydroxyl groups is 1. The van der Waals surface area contributed by atoms with Crippen LogP contribution in [0.2, 0.25) is 0 Å². The first kappa shape index (κ1) is 15.4. The standard InChI is InChI=1S/C19H26O4/c1-18-7-5-12(20)9-11(18)10-15(21)17-13(18)6-8-19(2)14(17)3-4-16(22)23-19/h9,13-15,17,21H,3-8,10H2,1-2H3/t13-,14+,15-,17+,18+,19+/m0/s1. The number of rotatable bonds is 0. The largest absolute Gasteiger partial charge is 0.459 e. The van der Waals surface area contributed by atoms with Crippen molar-refractivity contribution in [3.8, 4) is 0 Å². The maximum atomic E-state index is 11.8. The van der Waals surface area contributed by atoms with Gasteiger partial charge in [0.2, 0.25) is 0 Å². The average Bonchev–Trinajstić information content (AvgIpc) is 2.48. The number of fused-ring (bicyclic) bond motifs is 5. The molecule has 1 N–H and O–H groups in total. The van der Waals surface area contributed by atoms with E-state index < -0.39 is 11.7 Å². The Labute approximate surface area is 137 Å². The van der Waals surface area contributed by atoms with Crippen LogP contribution in [-0.4, -0.2) is 28.6 Å². The van der Waals surface area contributed by atoms with Gasteiger partial charge in [0.15, 0.2) is 5.78 Å². The van der Waals surface area contributed by atoms with Crippen LogP contribution in [0.15, 0.2) is 11.6 Å². The summed E-state index contributed by atoms with van der Waals surface area (Å²) in [6.07, 6.45) is 6.62. The van der Waals surface area contributed by atoms with E-state index in [4.69, 9.17) is 4.74 Å². The molecule has 1 saturated heterocycles. The van der Waals surface area contributed by atoms with E-state index in [1.165, 1.54) is 0 Å². The summed E-state index contributed by atoms with van der Waals surface area (Å²) in [4.78, 5) is 23.6. The van der Waals surface area contributed by atoms with Crippen LogP contribution < -0.4 is 0 Å². The van der Waals surface area contributed by atoms with Gasteiger partial charge in [-0.1, -0.05) is 12.5 Å². The summed E-state index contributed by atoms with van der Waals surface area (Å²) in [5.41, 5.74) is 0.763. The Balaban J connectivity index is 1.72. The summed E-state index contributed by atoms with van der Waals surface area (Å²) in [7, 11) is 0. The van der Waals surface area contributed by atoms with Crippen LogP contribution in [-0.2, 0) is 14.3 Å². The Morgan fingerprint density at radius 3 is 2.70 bits per heavy atom. The molecule has 1 heterocycles. The molecule has 23 heavy (non-hydrogen) atoms. The van der Waals surface area contributed by atoms with E-state index in [-0.39, 0.29) is 29.0 Å². The van der Waals surface area contributed by atoms with Gasteiger partial charge in [-0.15, -0.1) is 0 Å². The highest BCUT2D eigenvalue weighted by Gasteiger charge is 2.60. The molecule has 4 nitrogen and oxygen atoms in total. The molecular weight excluding hydrogens is 292 g/mol. The predicted octanol–water partition coefficient (Wildman–Crippen LogP) is 2.78. The first-order valence-electron chi connectivity index (χ1n) is 8.97. The molecular formula is C19H26O4. The molecule has 0 radical (unpaired) electrons. The van der Waals surface area contributed by atoms with Gasteiger partial charge >= 0.3 is 5.97 Å². The molecule has 3 fully saturated rings. The molecule has 6 atom stereocenters. The highest BCUT2D eigenvalue weighted by atomic mass is 16.6. The summed E-state index contributed by atoms with van der Waals surface area (Å²) >= 11 is 0. The average molecular weight is 318 g/mol. The molecule has 0 bridgehead atoms. The van der Waals surface area contributed by atoms with Gasteiger partial charge in [0.1, 0.15) is 5.60 Å². The number of aliphatic hydroxyl groups excluding tert-OH is 1. The van der Waals surface area contributed by atoms with Crippen LogP contribution in [0.1, 0.15) is 58.8 Å². The minimum Gasteiger partial charge on any atom is -0.459 e. The third-order valence-corrected chi connectivity index (χ3v) is 7.32. The van der Waals surface area contributed by atoms with Gasteiger partial charge in [-0.05, 0) is 62.4 Å². The number of ketones is 1. The van der Waals surface area contributed by atoms with Gasteiger partial charge in [-0.2, -0.15) is 0 Å². The van der Waals surface area contributed by atoms with Crippen molar-refractivity contribution in [2.45, 2.75) is 70.5 Å². The SMILES string of the molecule is C[C@@]12CC[C@H]3[C@H]([C@H]1CCC(=O)O2)[C@@H](O)CC1=CC(=O)CC[C@]13C. The Morgan fingerprint density at radius 1 is 1.13 bits per heavy atom. The van der Waals surface area contributed by atoms with Crippen molar-refractivity contribution >= 4 is 11.8 Å². The zero-order chi connectivity index (χ0) is 16.4. The van der Waals surface area contributed by atoms with Crippen molar-refractivity contribution in [2.75, 3.05) is 0 Å². The molecule has 0 aromatic rings. The molecule has 3 aliphatic carbocycles. The molecule has 0 aromatic heterocycles. The van der Waals surface area contributed by atoms with E-state index in [9.17, 15) is 14.7 Å². The van der Waals surface area contributed by atoms with Crippen molar-refractivity contribution in [1.82, 2.24) is 0 Å².